The fraction of sp³-hybridized carbons (Fsp3) is 0.200. The molecule has 1 aromatic heterocycles. The van der Waals surface area contributed by atoms with E-state index in [1.54, 1.807) is 60.9 Å². The number of hydrogen-bond acceptors (Lipinski definition) is 5. The number of carbonyl (C=O) groups excluding carboxylic acids is 2. The number of halogens is 1. The molecule has 4 aromatic rings. The molecule has 3 aromatic carbocycles. The average Bonchev–Trinajstić information content (AvgIpc) is 3.38. The van der Waals surface area contributed by atoms with E-state index >= 15 is 0 Å². The van der Waals surface area contributed by atoms with E-state index in [-0.39, 0.29) is 23.6 Å². The first kappa shape index (κ1) is 26.0. The molecule has 1 fully saturated rings. The van der Waals surface area contributed by atoms with E-state index in [9.17, 15) is 19.1 Å². The summed E-state index contributed by atoms with van der Waals surface area (Å²) in [6.45, 7) is 3.41. The Morgan fingerprint density at radius 3 is 2.15 bits per heavy atom. The predicted octanol–water partition coefficient (Wildman–Crippen LogP) is 5.67. The van der Waals surface area contributed by atoms with Crippen molar-refractivity contribution >= 4 is 40.3 Å². The van der Waals surface area contributed by atoms with Crippen LogP contribution in [0.15, 0.2) is 79.1 Å². The first-order chi connectivity index (χ1) is 18.9. The van der Waals surface area contributed by atoms with Crippen LogP contribution in [0.5, 0.6) is 0 Å². The van der Waals surface area contributed by atoms with Crippen LogP contribution in [0.2, 0.25) is 0 Å². The standard InChI is InChI=1S/C30H30FN5O3/c1-19-17-32-18-26(19)30(39)35-23-8-11-28(27(31)16-23)33-21-4-6-22(7-5-21)34-29(38)20-2-9-24(10-3-20)36-14-12-25(37)13-15-36/h2-11,16-18,25,32-33,37H,12-15H2,1H3,(H,34,38)(H,35,39). The van der Waals surface area contributed by atoms with E-state index in [0.29, 0.717) is 28.2 Å². The number of hydrogen-bond donors (Lipinski definition) is 5. The second-order valence-electron chi connectivity index (χ2n) is 9.62. The molecule has 1 aliphatic rings. The smallest absolute Gasteiger partial charge is 0.257 e. The van der Waals surface area contributed by atoms with Gasteiger partial charge in [-0.2, -0.15) is 0 Å². The molecule has 1 saturated heterocycles. The third kappa shape index (κ3) is 6.27. The topological polar surface area (TPSA) is 109 Å². The molecule has 2 heterocycles. The Morgan fingerprint density at radius 2 is 1.51 bits per heavy atom. The molecule has 0 aliphatic carbocycles. The zero-order valence-electron chi connectivity index (χ0n) is 21.5. The molecule has 8 nitrogen and oxygen atoms in total. The highest BCUT2D eigenvalue weighted by atomic mass is 19.1. The first-order valence-corrected chi connectivity index (χ1v) is 12.8. The molecule has 0 unspecified atom stereocenters. The van der Waals surface area contributed by atoms with E-state index in [1.807, 2.05) is 19.1 Å². The number of aromatic nitrogens is 1. The fourth-order valence-electron chi connectivity index (χ4n) is 4.52. The van der Waals surface area contributed by atoms with Crippen LogP contribution in [0.1, 0.15) is 39.1 Å². The second-order valence-corrected chi connectivity index (χ2v) is 9.62. The fourth-order valence-corrected chi connectivity index (χ4v) is 4.52. The second kappa shape index (κ2) is 11.4. The minimum atomic E-state index is -0.514. The molecule has 0 radical (unpaired) electrons. The van der Waals surface area contributed by atoms with Crippen LogP contribution in [-0.4, -0.2) is 41.1 Å². The molecule has 5 N–H and O–H groups in total. The SMILES string of the molecule is Cc1c[nH]cc1C(=O)Nc1ccc(Nc2ccc(NC(=O)c3ccc(N4CCC(O)CC4)cc3)cc2)c(F)c1. The van der Waals surface area contributed by atoms with Gasteiger partial charge in [0.05, 0.1) is 17.4 Å². The summed E-state index contributed by atoms with van der Waals surface area (Å²) < 4.78 is 14.7. The first-order valence-electron chi connectivity index (χ1n) is 12.8. The van der Waals surface area contributed by atoms with Crippen LogP contribution in [0.25, 0.3) is 0 Å². The summed E-state index contributed by atoms with van der Waals surface area (Å²) in [7, 11) is 0. The van der Waals surface area contributed by atoms with Crippen molar-refractivity contribution in [3.63, 3.8) is 0 Å². The zero-order chi connectivity index (χ0) is 27.4. The van der Waals surface area contributed by atoms with Gasteiger partial charge in [0.25, 0.3) is 11.8 Å². The van der Waals surface area contributed by atoms with Crippen molar-refractivity contribution < 1.29 is 19.1 Å². The van der Waals surface area contributed by atoms with Crippen LogP contribution in [0, 0.1) is 12.7 Å². The summed E-state index contributed by atoms with van der Waals surface area (Å²) in [5.74, 6) is -1.06. The van der Waals surface area contributed by atoms with Gasteiger partial charge < -0.3 is 30.9 Å². The molecule has 0 atom stereocenters. The van der Waals surface area contributed by atoms with Crippen molar-refractivity contribution in [2.45, 2.75) is 25.9 Å². The Hall–Kier alpha value is -4.63. The summed E-state index contributed by atoms with van der Waals surface area (Å²) in [5.41, 5.74) is 4.74. The summed E-state index contributed by atoms with van der Waals surface area (Å²) in [6.07, 6.45) is 4.59. The number of aliphatic hydroxyl groups excluding tert-OH is 1. The van der Waals surface area contributed by atoms with Crippen LogP contribution in [0.3, 0.4) is 0 Å². The lowest BCUT2D eigenvalue weighted by atomic mass is 10.1. The molecule has 200 valence electrons. The highest BCUT2D eigenvalue weighted by Crippen LogP contribution is 2.25. The molecular weight excluding hydrogens is 497 g/mol. The average molecular weight is 528 g/mol. The molecular formula is C30H30FN5O3. The maximum Gasteiger partial charge on any atom is 0.257 e. The quantitative estimate of drug-likeness (QED) is 0.213. The van der Waals surface area contributed by atoms with Crippen molar-refractivity contribution in [3.8, 4) is 0 Å². The maximum atomic E-state index is 14.7. The van der Waals surface area contributed by atoms with Crippen LogP contribution in [0.4, 0.5) is 32.8 Å². The highest BCUT2D eigenvalue weighted by Gasteiger charge is 2.17. The van der Waals surface area contributed by atoms with Gasteiger partial charge in [-0.3, -0.25) is 9.59 Å². The Labute approximate surface area is 225 Å². The molecule has 0 spiro atoms. The zero-order valence-corrected chi connectivity index (χ0v) is 21.5. The lowest BCUT2D eigenvalue weighted by Crippen LogP contribution is -2.35. The molecule has 2 amide bonds. The minimum Gasteiger partial charge on any atom is -0.393 e. The Bertz CT molecular complexity index is 1460. The lowest BCUT2D eigenvalue weighted by molar-refractivity contribution is 0.101. The van der Waals surface area contributed by atoms with Gasteiger partial charge in [0, 0.05) is 53.8 Å². The Kier molecular flexibility index (Phi) is 7.60. The number of nitrogens with one attached hydrogen (secondary N) is 4. The number of H-pyrrole nitrogens is 1. The summed E-state index contributed by atoms with van der Waals surface area (Å²) >= 11 is 0. The summed E-state index contributed by atoms with van der Waals surface area (Å²) in [6, 6.07) is 18.8. The third-order valence-corrected chi connectivity index (χ3v) is 6.80. The van der Waals surface area contributed by atoms with Gasteiger partial charge in [0.1, 0.15) is 5.82 Å². The molecule has 39 heavy (non-hydrogen) atoms. The van der Waals surface area contributed by atoms with Gasteiger partial charge in [-0.05, 0) is 92.1 Å². The molecule has 5 rings (SSSR count). The lowest BCUT2D eigenvalue weighted by Gasteiger charge is -2.31. The maximum absolute atomic E-state index is 14.7. The van der Waals surface area contributed by atoms with E-state index in [2.05, 4.69) is 25.8 Å². The van der Waals surface area contributed by atoms with Crippen molar-refractivity contribution in [3.05, 3.63) is 102 Å². The van der Waals surface area contributed by atoms with Crippen molar-refractivity contribution in [1.29, 1.82) is 0 Å². The number of nitrogens with zero attached hydrogens (tertiary/aromatic N) is 1. The number of aryl methyl sites for hydroxylation is 1. The Morgan fingerprint density at radius 1 is 0.872 bits per heavy atom. The van der Waals surface area contributed by atoms with E-state index in [0.717, 1.165) is 37.2 Å². The van der Waals surface area contributed by atoms with Crippen LogP contribution < -0.4 is 20.9 Å². The van der Waals surface area contributed by atoms with E-state index < -0.39 is 5.82 Å². The van der Waals surface area contributed by atoms with Crippen molar-refractivity contribution in [2.24, 2.45) is 0 Å². The van der Waals surface area contributed by atoms with Gasteiger partial charge in [-0.1, -0.05) is 0 Å². The largest absolute Gasteiger partial charge is 0.393 e. The normalized spacial score (nSPS) is 13.7. The van der Waals surface area contributed by atoms with Crippen molar-refractivity contribution in [1.82, 2.24) is 4.98 Å². The van der Waals surface area contributed by atoms with Gasteiger partial charge >= 0.3 is 0 Å². The number of aliphatic hydroxyl groups is 1. The van der Waals surface area contributed by atoms with E-state index in [4.69, 9.17) is 0 Å². The number of rotatable bonds is 7. The summed E-state index contributed by atoms with van der Waals surface area (Å²) in [5, 5.41) is 18.3. The molecule has 1 aliphatic heterocycles. The Balaban J connectivity index is 1.16. The highest BCUT2D eigenvalue weighted by molar-refractivity contribution is 6.05. The van der Waals surface area contributed by atoms with Gasteiger partial charge in [-0.25, -0.2) is 4.39 Å². The van der Waals surface area contributed by atoms with Crippen molar-refractivity contribution in [2.75, 3.05) is 33.9 Å². The van der Waals surface area contributed by atoms with Gasteiger partial charge in [0.2, 0.25) is 0 Å². The van der Waals surface area contributed by atoms with Gasteiger partial charge in [-0.15, -0.1) is 0 Å². The number of benzene rings is 3. The van der Waals surface area contributed by atoms with E-state index in [1.165, 1.54) is 6.07 Å². The monoisotopic (exact) mass is 527 g/mol. The third-order valence-electron chi connectivity index (χ3n) is 6.80. The minimum absolute atomic E-state index is 0.227. The molecule has 9 heteroatoms. The number of carbonyl (C=O) groups is 2. The number of piperidine rings is 1. The van der Waals surface area contributed by atoms with Gasteiger partial charge in [0.15, 0.2) is 0 Å². The number of anilines is 5. The number of aromatic amines is 1. The predicted molar refractivity (Wildman–Crippen MR) is 151 cm³/mol. The van der Waals surface area contributed by atoms with Crippen LogP contribution in [-0.2, 0) is 0 Å². The number of amides is 2. The summed E-state index contributed by atoms with van der Waals surface area (Å²) in [4.78, 5) is 30.2. The molecule has 0 saturated carbocycles. The molecule has 0 bridgehead atoms. The van der Waals surface area contributed by atoms with Crippen LogP contribution >= 0.6 is 0 Å².